The minimum Gasteiger partial charge on any atom is -0.445 e. The molecule has 3 atom stereocenters. The molecular formula is C32H44N6O6. The Hall–Kier alpha value is -4.22. The molecular weight excluding hydrogens is 564 g/mol. The molecule has 1 saturated heterocycles. The molecule has 1 aliphatic carbocycles. The normalized spacial score (nSPS) is 16.3. The number of nitrogens with one attached hydrogen (secondary N) is 4. The van der Waals surface area contributed by atoms with E-state index in [4.69, 9.17) is 4.74 Å². The van der Waals surface area contributed by atoms with E-state index in [-0.39, 0.29) is 37.4 Å². The zero-order valence-corrected chi connectivity index (χ0v) is 26.0. The van der Waals surface area contributed by atoms with E-state index >= 15 is 0 Å². The van der Waals surface area contributed by atoms with Crippen molar-refractivity contribution >= 4 is 29.6 Å². The molecule has 1 aliphatic heterocycles. The highest BCUT2D eigenvalue weighted by Gasteiger charge is 2.42. The largest absolute Gasteiger partial charge is 0.445 e. The maximum atomic E-state index is 13.4. The number of amides is 4. The molecule has 4 N–H and O–H groups in total. The lowest BCUT2D eigenvalue weighted by Crippen LogP contribution is -2.61. The Morgan fingerprint density at radius 2 is 1.77 bits per heavy atom. The van der Waals surface area contributed by atoms with Crippen molar-refractivity contribution < 1.29 is 28.7 Å². The molecule has 0 bridgehead atoms. The number of Topliss-reactive ketones (excluding diaryl/α,β-unsaturated/α-hetero) is 1. The number of aromatic amines is 1. The molecule has 0 spiro atoms. The molecule has 0 saturated carbocycles. The Kier molecular flexibility index (Phi) is 11.1. The average molecular weight is 609 g/mol. The molecule has 1 fully saturated rings. The molecule has 2 aliphatic rings. The SMILES string of the molecule is CC[C@H](C)C(NC(=O)[C@H](CC(C)C)NC(=O)OCc1ccccc1)C(=O)C(=O)N1CC(C(=O)NCc2n[nH]c3c2CCC3)C1. The van der Waals surface area contributed by atoms with Crippen LogP contribution in [0.15, 0.2) is 30.3 Å². The van der Waals surface area contributed by atoms with Crippen molar-refractivity contribution in [1.82, 2.24) is 31.0 Å². The molecule has 2 aromatic rings. The highest BCUT2D eigenvalue weighted by atomic mass is 16.5. The van der Waals surface area contributed by atoms with Crippen molar-refractivity contribution in [3.8, 4) is 0 Å². The Morgan fingerprint density at radius 1 is 1.05 bits per heavy atom. The quantitative estimate of drug-likeness (QED) is 0.239. The molecule has 4 rings (SSSR count). The summed E-state index contributed by atoms with van der Waals surface area (Å²) in [5.41, 5.74) is 3.95. The lowest BCUT2D eigenvalue weighted by atomic mass is 9.91. The number of nitrogens with zero attached hydrogens (tertiary/aromatic N) is 2. The van der Waals surface area contributed by atoms with Crippen LogP contribution in [-0.4, -0.2) is 69.9 Å². The lowest BCUT2D eigenvalue weighted by molar-refractivity contribution is -0.153. The molecule has 4 amide bonds. The Bertz CT molecular complexity index is 1340. The van der Waals surface area contributed by atoms with Gasteiger partial charge in [-0.3, -0.25) is 24.3 Å². The topological polar surface area (TPSA) is 163 Å². The van der Waals surface area contributed by atoms with Gasteiger partial charge in [-0.05, 0) is 48.6 Å². The number of fused-ring (bicyclic) bond motifs is 1. The Labute approximate surface area is 258 Å². The predicted molar refractivity (Wildman–Crippen MR) is 162 cm³/mol. The molecule has 12 nitrogen and oxygen atoms in total. The van der Waals surface area contributed by atoms with Crippen LogP contribution in [0.25, 0.3) is 0 Å². The monoisotopic (exact) mass is 608 g/mol. The van der Waals surface area contributed by atoms with Crippen molar-refractivity contribution in [2.45, 2.75) is 85.0 Å². The van der Waals surface area contributed by atoms with Crippen LogP contribution < -0.4 is 16.0 Å². The highest BCUT2D eigenvalue weighted by Crippen LogP contribution is 2.23. The molecule has 1 unspecified atom stereocenters. The van der Waals surface area contributed by atoms with E-state index in [2.05, 4.69) is 26.1 Å². The number of aromatic nitrogens is 2. The third-order valence-corrected chi connectivity index (χ3v) is 8.39. The number of alkyl carbamates (subject to hydrolysis) is 1. The first kappa shape index (κ1) is 32.7. The van der Waals surface area contributed by atoms with Gasteiger partial charge in [0.15, 0.2) is 0 Å². The molecule has 12 heteroatoms. The van der Waals surface area contributed by atoms with Crippen LogP contribution in [0.5, 0.6) is 0 Å². The summed E-state index contributed by atoms with van der Waals surface area (Å²) in [4.78, 5) is 66.5. The zero-order chi connectivity index (χ0) is 31.8. The molecule has 238 valence electrons. The Morgan fingerprint density at radius 3 is 2.45 bits per heavy atom. The number of ether oxygens (including phenoxy) is 1. The first-order valence-corrected chi connectivity index (χ1v) is 15.5. The lowest BCUT2D eigenvalue weighted by Gasteiger charge is -2.38. The van der Waals surface area contributed by atoms with E-state index in [1.807, 2.05) is 51.1 Å². The van der Waals surface area contributed by atoms with Gasteiger partial charge in [-0.25, -0.2) is 4.79 Å². The van der Waals surface area contributed by atoms with Gasteiger partial charge in [-0.2, -0.15) is 5.10 Å². The van der Waals surface area contributed by atoms with E-state index in [0.29, 0.717) is 19.4 Å². The highest BCUT2D eigenvalue weighted by molar-refractivity contribution is 6.38. The smallest absolute Gasteiger partial charge is 0.408 e. The standard InChI is InChI=1S/C32H44N6O6/c1-5-20(4)27(35-30(41)25(14-19(2)3)34-32(43)44-18-21-10-7-6-8-11-21)28(39)31(42)38-16-22(17-38)29(40)33-15-26-23-12-9-13-24(23)36-37-26/h6-8,10-11,19-20,22,25,27H,5,9,12-18H2,1-4H3,(H,33,40)(H,34,43)(H,35,41)(H,36,37)/t20-,25-,27?/m0/s1. The van der Waals surface area contributed by atoms with Gasteiger partial charge in [0, 0.05) is 18.8 Å². The van der Waals surface area contributed by atoms with E-state index in [1.54, 1.807) is 6.92 Å². The first-order valence-electron chi connectivity index (χ1n) is 15.5. The molecule has 1 aromatic carbocycles. The number of carbonyl (C=O) groups excluding carboxylic acids is 5. The van der Waals surface area contributed by atoms with Crippen LogP contribution in [0.1, 0.15) is 69.5 Å². The molecule has 1 aromatic heterocycles. The zero-order valence-electron chi connectivity index (χ0n) is 26.0. The third-order valence-electron chi connectivity index (χ3n) is 8.39. The summed E-state index contributed by atoms with van der Waals surface area (Å²) in [5, 5.41) is 15.6. The van der Waals surface area contributed by atoms with Crippen molar-refractivity contribution in [3.05, 3.63) is 52.8 Å². The van der Waals surface area contributed by atoms with Gasteiger partial charge in [0.25, 0.3) is 5.91 Å². The van der Waals surface area contributed by atoms with Gasteiger partial charge in [0.05, 0.1) is 24.2 Å². The average Bonchev–Trinajstić information content (AvgIpc) is 3.60. The van der Waals surface area contributed by atoms with Crippen LogP contribution in [0.2, 0.25) is 0 Å². The second-order valence-electron chi connectivity index (χ2n) is 12.2. The second kappa shape index (κ2) is 15.0. The number of H-pyrrole nitrogens is 1. The minimum atomic E-state index is -1.08. The van der Waals surface area contributed by atoms with E-state index in [9.17, 15) is 24.0 Å². The van der Waals surface area contributed by atoms with Crippen molar-refractivity contribution in [3.63, 3.8) is 0 Å². The van der Waals surface area contributed by atoms with Crippen molar-refractivity contribution in [1.29, 1.82) is 0 Å². The van der Waals surface area contributed by atoms with E-state index < -0.39 is 41.7 Å². The van der Waals surface area contributed by atoms with Crippen molar-refractivity contribution in [2.75, 3.05) is 13.1 Å². The summed E-state index contributed by atoms with van der Waals surface area (Å²) in [7, 11) is 0. The maximum absolute atomic E-state index is 13.4. The van der Waals surface area contributed by atoms with Gasteiger partial charge >= 0.3 is 6.09 Å². The number of hydrogen-bond donors (Lipinski definition) is 4. The number of hydrogen-bond acceptors (Lipinski definition) is 7. The van der Waals surface area contributed by atoms with Crippen LogP contribution in [0.3, 0.4) is 0 Å². The van der Waals surface area contributed by atoms with Gasteiger partial charge in [0.1, 0.15) is 12.6 Å². The van der Waals surface area contributed by atoms with E-state index in [1.165, 1.54) is 10.5 Å². The molecule has 0 radical (unpaired) electrons. The number of ketones is 1. The number of aryl methyl sites for hydroxylation is 1. The first-order chi connectivity index (χ1) is 21.1. The van der Waals surface area contributed by atoms with Crippen molar-refractivity contribution in [2.24, 2.45) is 17.8 Å². The summed E-state index contributed by atoms with van der Waals surface area (Å²) in [6.07, 6.45) is 3.09. The van der Waals surface area contributed by atoms with Gasteiger partial charge in [0.2, 0.25) is 17.6 Å². The Balaban J connectivity index is 1.30. The van der Waals surface area contributed by atoms with Gasteiger partial charge in [-0.15, -0.1) is 0 Å². The van der Waals surface area contributed by atoms with Gasteiger partial charge < -0.3 is 25.6 Å². The number of likely N-dealkylation sites (tertiary alicyclic amines) is 1. The summed E-state index contributed by atoms with van der Waals surface area (Å²) >= 11 is 0. The number of benzene rings is 1. The molecule has 44 heavy (non-hydrogen) atoms. The van der Waals surface area contributed by atoms with Gasteiger partial charge in [-0.1, -0.05) is 64.4 Å². The number of rotatable bonds is 14. The maximum Gasteiger partial charge on any atom is 0.408 e. The fourth-order valence-electron chi connectivity index (χ4n) is 5.51. The molecule has 2 heterocycles. The minimum absolute atomic E-state index is 0.0466. The predicted octanol–water partition coefficient (Wildman–Crippen LogP) is 2.41. The second-order valence-corrected chi connectivity index (χ2v) is 12.2. The summed E-state index contributed by atoms with van der Waals surface area (Å²) < 4.78 is 5.29. The summed E-state index contributed by atoms with van der Waals surface area (Å²) in [6, 6.07) is 7.14. The third kappa shape index (κ3) is 8.23. The number of carbonyl (C=O) groups is 5. The summed E-state index contributed by atoms with van der Waals surface area (Å²) in [5.74, 6) is -2.93. The fourth-order valence-corrected chi connectivity index (χ4v) is 5.51. The van der Waals surface area contributed by atoms with Crippen LogP contribution >= 0.6 is 0 Å². The van der Waals surface area contributed by atoms with Crippen LogP contribution in [-0.2, 0) is 49.9 Å². The van der Waals surface area contributed by atoms with Crippen LogP contribution in [0, 0.1) is 17.8 Å². The summed E-state index contributed by atoms with van der Waals surface area (Å²) in [6.45, 7) is 8.10. The van der Waals surface area contributed by atoms with Crippen LogP contribution in [0.4, 0.5) is 4.79 Å². The van der Waals surface area contributed by atoms with E-state index in [0.717, 1.165) is 36.2 Å². The fraction of sp³-hybridized carbons (Fsp3) is 0.562.